The van der Waals surface area contributed by atoms with Crippen molar-refractivity contribution in [1.29, 1.82) is 0 Å². The summed E-state index contributed by atoms with van der Waals surface area (Å²) in [6, 6.07) is 74.5. The van der Waals surface area contributed by atoms with Gasteiger partial charge in [0.15, 0.2) is 5.82 Å². The summed E-state index contributed by atoms with van der Waals surface area (Å²) in [5, 5.41) is 4.69. The first-order valence-electron chi connectivity index (χ1n) is 20.4. The number of benzene rings is 9. The van der Waals surface area contributed by atoms with Crippen molar-refractivity contribution in [2.75, 3.05) is 0 Å². The molecular weight excluding hydrogens is 713 g/mol. The topological polar surface area (TPSA) is 25.8 Å². The van der Waals surface area contributed by atoms with Gasteiger partial charge in [-0.3, -0.25) is 0 Å². The first kappa shape index (κ1) is 34.8. The molecule has 1 aliphatic carbocycles. The molecule has 9 aromatic carbocycles. The van der Waals surface area contributed by atoms with E-state index in [1.54, 1.807) is 0 Å². The Hall–Kier alpha value is -7.42. The van der Waals surface area contributed by atoms with Crippen LogP contribution < -0.4 is 0 Å². The highest BCUT2D eigenvalue weighted by molar-refractivity contribution is 6.06. The van der Waals surface area contributed by atoms with Gasteiger partial charge in [0.05, 0.1) is 11.4 Å². The lowest BCUT2D eigenvalue weighted by atomic mass is 9.81. The quantitative estimate of drug-likeness (QED) is 0.169. The molecule has 0 unspecified atom stereocenters. The van der Waals surface area contributed by atoms with Gasteiger partial charge in [0.2, 0.25) is 0 Å². The van der Waals surface area contributed by atoms with Crippen molar-refractivity contribution in [2.45, 2.75) is 19.3 Å². The maximum absolute atomic E-state index is 5.28. The summed E-state index contributed by atoms with van der Waals surface area (Å²) in [5.41, 5.74) is 17.5. The molecule has 2 heteroatoms. The van der Waals surface area contributed by atoms with Gasteiger partial charge in [-0.2, -0.15) is 0 Å². The van der Waals surface area contributed by atoms with Crippen molar-refractivity contribution in [3.8, 4) is 78.4 Å². The Kier molecular flexibility index (Phi) is 8.20. The van der Waals surface area contributed by atoms with Crippen molar-refractivity contribution in [1.82, 2.24) is 9.97 Å². The lowest BCUT2D eigenvalue weighted by Crippen LogP contribution is -2.14. The Balaban J connectivity index is 1.09. The fraction of sp³-hybridized carbons (Fsp3) is 0.0526. The lowest BCUT2D eigenvalue weighted by molar-refractivity contribution is 0.660. The molecule has 0 fully saturated rings. The predicted molar refractivity (Wildman–Crippen MR) is 247 cm³/mol. The van der Waals surface area contributed by atoms with Crippen molar-refractivity contribution in [2.24, 2.45) is 0 Å². The lowest BCUT2D eigenvalue weighted by Gasteiger charge is -2.22. The highest BCUT2D eigenvalue weighted by Crippen LogP contribution is 2.50. The number of aromatic nitrogens is 2. The molecule has 0 bridgehead atoms. The van der Waals surface area contributed by atoms with E-state index in [2.05, 4.69) is 202 Å². The van der Waals surface area contributed by atoms with E-state index >= 15 is 0 Å². The average molecular weight is 753 g/mol. The molecule has 0 saturated carbocycles. The van der Waals surface area contributed by atoms with Crippen LogP contribution in [-0.2, 0) is 5.41 Å². The van der Waals surface area contributed by atoms with Crippen LogP contribution in [-0.4, -0.2) is 9.97 Å². The highest BCUT2D eigenvalue weighted by Gasteiger charge is 2.35. The van der Waals surface area contributed by atoms with Crippen molar-refractivity contribution >= 4 is 21.5 Å². The summed E-state index contributed by atoms with van der Waals surface area (Å²) < 4.78 is 0. The summed E-state index contributed by atoms with van der Waals surface area (Å²) >= 11 is 0. The van der Waals surface area contributed by atoms with Gasteiger partial charge in [0, 0.05) is 22.1 Å². The van der Waals surface area contributed by atoms with E-state index in [9.17, 15) is 0 Å². The second kappa shape index (κ2) is 13.9. The molecule has 278 valence electrons. The van der Waals surface area contributed by atoms with Crippen molar-refractivity contribution in [3.05, 3.63) is 217 Å². The van der Waals surface area contributed by atoms with Gasteiger partial charge in [-0.05, 0) is 108 Å². The van der Waals surface area contributed by atoms with Gasteiger partial charge in [0.25, 0.3) is 0 Å². The van der Waals surface area contributed by atoms with Crippen molar-refractivity contribution < 1.29 is 0 Å². The van der Waals surface area contributed by atoms with Crippen LogP contribution >= 0.6 is 0 Å². The second-order valence-corrected chi connectivity index (χ2v) is 16.2. The third-order valence-corrected chi connectivity index (χ3v) is 12.3. The van der Waals surface area contributed by atoms with Crippen LogP contribution in [0, 0.1) is 0 Å². The van der Waals surface area contributed by atoms with Crippen LogP contribution in [0.25, 0.3) is 100.0 Å². The molecule has 10 aromatic rings. The average Bonchev–Trinajstić information content (AvgIpc) is 3.53. The molecule has 0 spiro atoms. The normalized spacial score (nSPS) is 12.7. The molecule has 59 heavy (non-hydrogen) atoms. The predicted octanol–water partition coefficient (Wildman–Crippen LogP) is 15.1. The summed E-state index contributed by atoms with van der Waals surface area (Å²) in [6.07, 6.45) is 0. The molecule has 0 aliphatic heterocycles. The Bertz CT molecular complexity index is 3230. The van der Waals surface area contributed by atoms with Crippen molar-refractivity contribution in [3.63, 3.8) is 0 Å². The molecule has 0 radical (unpaired) electrons. The molecule has 1 aliphatic rings. The summed E-state index contributed by atoms with van der Waals surface area (Å²) in [5.74, 6) is 0.708. The summed E-state index contributed by atoms with van der Waals surface area (Å²) in [6.45, 7) is 4.71. The standard InChI is InChI=1S/C57H40N2/c1-57(2)52-27-14-13-25-48(52)49-29-28-40(35-53(49)57)42-32-41(37-16-5-3-6-17-37)33-43(34-42)45-30-31-51(47-24-12-11-23-46(45)47)55-36-54(58-56(59-55)39-19-7-4-8-20-39)50-26-15-21-38-18-9-10-22-44(38)50/h3-36H,1-2H3. The minimum absolute atomic E-state index is 0.0807. The maximum atomic E-state index is 5.28. The SMILES string of the molecule is CC1(C)c2ccccc2-c2ccc(-c3cc(-c4ccccc4)cc(-c4ccc(-c5cc(-c6cccc7ccccc67)nc(-c6ccccc6)n5)c5ccccc45)c3)cc21. The molecular formula is C57H40N2. The molecule has 0 amide bonds. The van der Waals surface area contributed by atoms with E-state index in [0.717, 1.165) is 33.5 Å². The number of nitrogens with zero attached hydrogens (tertiary/aromatic N) is 2. The van der Waals surface area contributed by atoms with Gasteiger partial charge in [-0.1, -0.05) is 190 Å². The largest absolute Gasteiger partial charge is 0.228 e. The van der Waals surface area contributed by atoms with Crippen LogP contribution in [0.2, 0.25) is 0 Å². The zero-order chi connectivity index (χ0) is 39.5. The zero-order valence-electron chi connectivity index (χ0n) is 33.0. The van der Waals surface area contributed by atoms with Gasteiger partial charge in [0.1, 0.15) is 0 Å². The smallest absolute Gasteiger partial charge is 0.160 e. The maximum Gasteiger partial charge on any atom is 0.160 e. The van der Waals surface area contributed by atoms with Gasteiger partial charge < -0.3 is 0 Å². The van der Waals surface area contributed by atoms with Crippen LogP contribution in [0.4, 0.5) is 0 Å². The van der Waals surface area contributed by atoms with Crippen LogP contribution in [0.5, 0.6) is 0 Å². The Labute approximate surface area is 345 Å². The Morgan fingerprint density at radius 2 is 0.814 bits per heavy atom. The van der Waals surface area contributed by atoms with Gasteiger partial charge >= 0.3 is 0 Å². The van der Waals surface area contributed by atoms with Crippen LogP contribution in [0.1, 0.15) is 25.0 Å². The molecule has 0 saturated heterocycles. The molecule has 0 N–H and O–H groups in total. The molecule has 1 heterocycles. The van der Waals surface area contributed by atoms with E-state index in [4.69, 9.17) is 9.97 Å². The molecule has 0 atom stereocenters. The zero-order valence-corrected chi connectivity index (χ0v) is 33.0. The fourth-order valence-corrected chi connectivity index (χ4v) is 9.29. The monoisotopic (exact) mass is 752 g/mol. The summed E-state index contributed by atoms with van der Waals surface area (Å²) in [7, 11) is 0. The third-order valence-electron chi connectivity index (χ3n) is 12.3. The minimum atomic E-state index is -0.0807. The van der Waals surface area contributed by atoms with Crippen LogP contribution in [0.3, 0.4) is 0 Å². The number of hydrogen-bond donors (Lipinski definition) is 0. The third kappa shape index (κ3) is 5.96. The van der Waals surface area contributed by atoms with Crippen LogP contribution in [0.15, 0.2) is 206 Å². The van der Waals surface area contributed by atoms with E-state index < -0.39 is 0 Å². The first-order valence-corrected chi connectivity index (χ1v) is 20.4. The number of fused-ring (bicyclic) bond motifs is 5. The Morgan fingerprint density at radius 1 is 0.305 bits per heavy atom. The van der Waals surface area contributed by atoms with Gasteiger partial charge in [-0.15, -0.1) is 0 Å². The van der Waals surface area contributed by atoms with E-state index in [1.165, 1.54) is 71.8 Å². The van der Waals surface area contributed by atoms with E-state index in [-0.39, 0.29) is 5.41 Å². The molecule has 2 nitrogen and oxygen atoms in total. The number of rotatable bonds is 6. The van der Waals surface area contributed by atoms with E-state index in [1.807, 2.05) is 18.2 Å². The summed E-state index contributed by atoms with van der Waals surface area (Å²) in [4.78, 5) is 10.5. The highest BCUT2D eigenvalue weighted by atomic mass is 14.9. The second-order valence-electron chi connectivity index (χ2n) is 16.2. The Morgan fingerprint density at radius 3 is 1.58 bits per heavy atom. The van der Waals surface area contributed by atoms with Gasteiger partial charge in [-0.25, -0.2) is 9.97 Å². The minimum Gasteiger partial charge on any atom is -0.228 e. The molecule has 1 aromatic heterocycles. The first-order chi connectivity index (χ1) is 29.0. The molecule has 11 rings (SSSR count). The number of hydrogen-bond acceptors (Lipinski definition) is 2. The fourth-order valence-electron chi connectivity index (χ4n) is 9.29. The van der Waals surface area contributed by atoms with E-state index in [0.29, 0.717) is 5.82 Å².